The third-order valence-electron chi connectivity index (χ3n) is 2.84. The van der Waals surface area contributed by atoms with Crippen molar-refractivity contribution in [2.75, 3.05) is 26.9 Å². The second kappa shape index (κ2) is 7.63. The highest BCUT2D eigenvalue weighted by Gasteiger charge is 2.16. The Kier molecular flexibility index (Phi) is 6.49. The summed E-state index contributed by atoms with van der Waals surface area (Å²) in [6, 6.07) is 8.48. The molecule has 0 aliphatic carbocycles. The number of rotatable bonds is 7. The van der Waals surface area contributed by atoms with Crippen molar-refractivity contribution in [3.63, 3.8) is 0 Å². The minimum Gasteiger partial charge on any atom is -0.382 e. The maximum atomic E-state index is 5.93. The van der Waals surface area contributed by atoms with Gasteiger partial charge in [0.05, 0.1) is 19.3 Å². The summed E-state index contributed by atoms with van der Waals surface area (Å²) in [6.45, 7) is 10.6. The maximum absolute atomic E-state index is 5.93. The van der Waals surface area contributed by atoms with Gasteiger partial charge in [0.25, 0.3) is 0 Å². The van der Waals surface area contributed by atoms with Crippen LogP contribution in [0.15, 0.2) is 24.3 Å². The van der Waals surface area contributed by atoms with Gasteiger partial charge in [-0.15, -0.1) is 0 Å². The average molecular weight is 265 g/mol. The number of ether oxygens (including phenoxy) is 2. The molecule has 1 rings (SSSR count). The van der Waals surface area contributed by atoms with E-state index in [9.17, 15) is 0 Å². The molecule has 0 aromatic heterocycles. The number of hydrogen-bond donors (Lipinski definition) is 1. The van der Waals surface area contributed by atoms with Gasteiger partial charge in [-0.2, -0.15) is 0 Å². The number of methoxy groups -OCH3 is 1. The molecule has 0 heterocycles. The highest BCUT2D eigenvalue weighted by Crippen LogP contribution is 2.19. The number of benzene rings is 1. The van der Waals surface area contributed by atoms with E-state index in [-0.39, 0.29) is 11.6 Å². The fourth-order valence-electron chi connectivity index (χ4n) is 1.82. The average Bonchev–Trinajstić information content (AvgIpc) is 2.32. The molecule has 0 saturated carbocycles. The van der Waals surface area contributed by atoms with Crippen LogP contribution in [0.1, 0.15) is 38.0 Å². The summed E-state index contributed by atoms with van der Waals surface area (Å²) in [5, 5.41) is 3.50. The van der Waals surface area contributed by atoms with Crippen molar-refractivity contribution in [3.05, 3.63) is 35.4 Å². The summed E-state index contributed by atoms with van der Waals surface area (Å²) in [4.78, 5) is 0. The van der Waals surface area contributed by atoms with Crippen LogP contribution in [-0.2, 0) is 9.47 Å². The summed E-state index contributed by atoms with van der Waals surface area (Å²) in [5.41, 5.74) is 2.56. The zero-order chi connectivity index (χ0) is 14.3. The van der Waals surface area contributed by atoms with Crippen molar-refractivity contribution >= 4 is 0 Å². The summed E-state index contributed by atoms with van der Waals surface area (Å²) < 4.78 is 11.0. The minimum absolute atomic E-state index is 0.0641. The van der Waals surface area contributed by atoms with Crippen LogP contribution in [0.4, 0.5) is 0 Å². The lowest BCUT2D eigenvalue weighted by Gasteiger charge is -2.26. The van der Waals surface area contributed by atoms with Crippen LogP contribution in [0, 0.1) is 6.92 Å². The van der Waals surface area contributed by atoms with Gasteiger partial charge < -0.3 is 14.8 Å². The standard InChI is InChI=1S/C16H27NO2/c1-13-7-6-8-14(11-13)15(19-10-9-18-5)12-17-16(2,3)4/h6-8,11,15,17H,9-10,12H2,1-5H3. The first-order valence-corrected chi connectivity index (χ1v) is 6.84. The van der Waals surface area contributed by atoms with Crippen LogP contribution >= 0.6 is 0 Å². The van der Waals surface area contributed by atoms with Crippen molar-refractivity contribution < 1.29 is 9.47 Å². The molecule has 1 aromatic carbocycles. The second-order valence-electron chi connectivity index (χ2n) is 5.90. The third kappa shape index (κ3) is 6.71. The van der Waals surface area contributed by atoms with Crippen LogP contribution in [0.3, 0.4) is 0 Å². The monoisotopic (exact) mass is 265 g/mol. The molecule has 19 heavy (non-hydrogen) atoms. The molecule has 0 bridgehead atoms. The molecule has 3 heteroatoms. The SMILES string of the molecule is COCCOC(CNC(C)(C)C)c1cccc(C)c1. The van der Waals surface area contributed by atoms with E-state index in [1.54, 1.807) is 7.11 Å². The largest absolute Gasteiger partial charge is 0.382 e. The summed E-state index contributed by atoms with van der Waals surface area (Å²) >= 11 is 0. The summed E-state index contributed by atoms with van der Waals surface area (Å²) in [7, 11) is 1.69. The highest BCUT2D eigenvalue weighted by molar-refractivity contribution is 5.24. The van der Waals surface area contributed by atoms with Crippen LogP contribution in [0.5, 0.6) is 0 Å². The van der Waals surface area contributed by atoms with Gasteiger partial charge >= 0.3 is 0 Å². The minimum atomic E-state index is 0.0641. The molecule has 1 atom stereocenters. The Hall–Kier alpha value is -0.900. The van der Waals surface area contributed by atoms with Gasteiger partial charge in [0.2, 0.25) is 0 Å². The number of hydrogen-bond acceptors (Lipinski definition) is 3. The Balaban J connectivity index is 2.68. The molecular formula is C16H27NO2. The number of aryl methyl sites for hydroxylation is 1. The molecule has 1 aromatic rings. The van der Waals surface area contributed by atoms with Gasteiger partial charge in [-0.05, 0) is 33.3 Å². The second-order valence-corrected chi connectivity index (χ2v) is 5.90. The molecule has 0 aliphatic rings. The van der Waals surface area contributed by atoms with E-state index >= 15 is 0 Å². The van der Waals surface area contributed by atoms with E-state index in [2.05, 4.69) is 57.3 Å². The van der Waals surface area contributed by atoms with E-state index in [4.69, 9.17) is 9.47 Å². The zero-order valence-electron chi connectivity index (χ0n) is 12.8. The van der Waals surface area contributed by atoms with Crippen LogP contribution < -0.4 is 5.32 Å². The summed E-state index contributed by atoms with van der Waals surface area (Å²) in [5.74, 6) is 0. The van der Waals surface area contributed by atoms with Crippen molar-refractivity contribution in [1.29, 1.82) is 0 Å². The fourth-order valence-corrected chi connectivity index (χ4v) is 1.82. The Labute approximate surface area is 117 Å². The lowest BCUT2D eigenvalue weighted by Crippen LogP contribution is -2.39. The van der Waals surface area contributed by atoms with Gasteiger partial charge in [0, 0.05) is 19.2 Å². The molecule has 108 valence electrons. The molecule has 0 spiro atoms. The van der Waals surface area contributed by atoms with Crippen molar-refractivity contribution in [3.8, 4) is 0 Å². The molecule has 1 N–H and O–H groups in total. The predicted octanol–water partition coefficient (Wildman–Crippen LogP) is 3.09. The smallest absolute Gasteiger partial charge is 0.0950 e. The van der Waals surface area contributed by atoms with Gasteiger partial charge in [0.15, 0.2) is 0 Å². The Morgan fingerprint density at radius 1 is 1.21 bits per heavy atom. The van der Waals surface area contributed by atoms with Crippen molar-refractivity contribution in [1.82, 2.24) is 5.32 Å². The first-order chi connectivity index (χ1) is 8.92. The number of nitrogens with one attached hydrogen (secondary N) is 1. The predicted molar refractivity (Wildman–Crippen MR) is 79.5 cm³/mol. The Morgan fingerprint density at radius 3 is 2.53 bits per heavy atom. The first-order valence-electron chi connectivity index (χ1n) is 6.84. The van der Waals surface area contributed by atoms with E-state index in [0.29, 0.717) is 13.2 Å². The van der Waals surface area contributed by atoms with Gasteiger partial charge in [0.1, 0.15) is 0 Å². The normalized spacial score (nSPS) is 13.5. The van der Waals surface area contributed by atoms with Gasteiger partial charge in [-0.1, -0.05) is 29.8 Å². The Morgan fingerprint density at radius 2 is 1.95 bits per heavy atom. The molecule has 3 nitrogen and oxygen atoms in total. The lowest BCUT2D eigenvalue weighted by atomic mass is 10.0. The first kappa shape index (κ1) is 16.2. The van der Waals surface area contributed by atoms with E-state index in [1.807, 2.05) is 0 Å². The van der Waals surface area contributed by atoms with Crippen LogP contribution in [0.25, 0.3) is 0 Å². The van der Waals surface area contributed by atoms with Crippen molar-refractivity contribution in [2.24, 2.45) is 0 Å². The third-order valence-corrected chi connectivity index (χ3v) is 2.84. The van der Waals surface area contributed by atoms with Gasteiger partial charge in [-0.3, -0.25) is 0 Å². The van der Waals surface area contributed by atoms with E-state index in [1.165, 1.54) is 11.1 Å². The maximum Gasteiger partial charge on any atom is 0.0950 e. The highest BCUT2D eigenvalue weighted by atomic mass is 16.5. The fraction of sp³-hybridized carbons (Fsp3) is 0.625. The topological polar surface area (TPSA) is 30.5 Å². The van der Waals surface area contributed by atoms with Crippen LogP contribution in [0.2, 0.25) is 0 Å². The molecule has 0 aliphatic heterocycles. The molecule has 0 fully saturated rings. The molecule has 0 radical (unpaired) electrons. The van der Waals surface area contributed by atoms with E-state index < -0.39 is 0 Å². The molecule has 1 unspecified atom stereocenters. The van der Waals surface area contributed by atoms with Gasteiger partial charge in [-0.25, -0.2) is 0 Å². The van der Waals surface area contributed by atoms with Crippen LogP contribution in [-0.4, -0.2) is 32.4 Å². The zero-order valence-corrected chi connectivity index (χ0v) is 12.8. The summed E-state index contributed by atoms with van der Waals surface area (Å²) in [6.07, 6.45) is 0.0641. The quantitative estimate of drug-likeness (QED) is 0.769. The molecular weight excluding hydrogens is 238 g/mol. The Bertz CT molecular complexity index is 371. The van der Waals surface area contributed by atoms with Crippen molar-refractivity contribution in [2.45, 2.75) is 39.3 Å². The molecule has 0 amide bonds. The molecule has 0 saturated heterocycles. The lowest BCUT2D eigenvalue weighted by molar-refractivity contribution is 0.0139. The van der Waals surface area contributed by atoms with E-state index in [0.717, 1.165) is 6.54 Å².